The molecular weight excluding hydrogens is 352 g/mol. The van der Waals surface area contributed by atoms with Crippen molar-refractivity contribution in [3.8, 4) is 17.3 Å². The highest BCUT2D eigenvalue weighted by Gasteiger charge is 2.21. The molecule has 0 aliphatic rings. The van der Waals surface area contributed by atoms with Crippen LogP contribution in [0.5, 0.6) is 5.88 Å². The summed E-state index contributed by atoms with van der Waals surface area (Å²) in [5.74, 6) is 0.483. The smallest absolute Gasteiger partial charge is 0.388 e. The molecule has 9 heteroatoms. The van der Waals surface area contributed by atoms with Crippen LogP contribution in [-0.4, -0.2) is 39.1 Å². The van der Waals surface area contributed by atoms with Gasteiger partial charge in [-0.1, -0.05) is 24.3 Å². The first-order valence-corrected chi connectivity index (χ1v) is 7.53. The number of ether oxygens (including phenoxy) is 1. The number of allylic oxidation sites excluding steroid dienone is 3. The van der Waals surface area contributed by atoms with Crippen LogP contribution in [0.15, 0.2) is 36.0 Å². The van der Waals surface area contributed by atoms with E-state index in [1.54, 1.807) is 30.8 Å². The topological polar surface area (TPSA) is 65.2 Å². The van der Waals surface area contributed by atoms with Gasteiger partial charge in [0.2, 0.25) is 5.88 Å². The maximum atomic E-state index is 12.6. The van der Waals surface area contributed by atoms with Crippen LogP contribution in [0.3, 0.4) is 0 Å². The number of rotatable bonds is 6. The second-order valence-electron chi connectivity index (χ2n) is 4.92. The summed E-state index contributed by atoms with van der Waals surface area (Å²) in [6, 6.07) is 1.44. The van der Waals surface area contributed by atoms with Gasteiger partial charge in [0.1, 0.15) is 0 Å². The number of aromatic nitrogens is 4. The molecule has 0 saturated heterocycles. The number of pyridine rings is 1. The molecule has 0 saturated carbocycles. The number of alkyl halides is 2. The number of hydrogen-bond acceptors (Lipinski definition) is 5. The monoisotopic (exact) mass is 367 g/mol. The fourth-order valence-electron chi connectivity index (χ4n) is 2.16. The number of aliphatic imine (C=N–C) groups is 1. The molecule has 0 aliphatic carbocycles. The number of hydrogen-bond donors (Lipinski definition) is 0. The molecule has 0 unspecified atom stereocenters. The van der Waals surface area contributed by atoms with Crippen LogP contribution in [0.2, 0.25) is 5.02 Å². The van der Waals surface area contributed by atoms with Gasteiger partial charge in [0, 0.05) is 31.6 Å². The van der Waals surface area contributed by atoms with E-state index in [9.17, 15) is 8.78 Å². The fraction of sp³-hybridized carbons (Fsp3) is 0.250. The minimum atomic E-state index is -3.02. The Hall–Kier alpha value is -2.61. The minimum Gasteiger partial charge on any atom is -0.416 e. The van der Waals surface area contributed by atoms with Gasteiger partial charge in [-0.15, -0.1) is 10.2 Å². The van der Waals surface area contributed by atoms with Crippen molar-refractivity contribution >= 4 is 22.9 Å². The average Bonchev–Trinajstić information content (AvgIpc) is 2.94. The minimum absolute atomic E-state index is 0.207. The largest absolute Gasteiger partial charge is 0.416 e. The zero-order valence-electron chi connectivity index (χ0n) is 13.9. The second kappa shape index (κ2) is 7.98. The number of halogens is 3. The van der Waals surface area contributed by atoms with E-state index in [4.69, 9.17) is 11.6 Å². The third kappa shape index (κ3) is 4.08. The summed E-state index contributed by atoms with van der Waals surface area (Å²) in [7, 11) is 3.34. The van der Waals surface area contributed by atoms with E-state index in [0.717, 1.165) is 5.71 Å². The Labute approximate surface area is 148 Å². The van der Waals surface area contributed by atoms with Gasteiger partial charge in [-0.2, -0.15) is 8.78 Å². The van der Waals surface area contributed by atoms with Gasteiger partial charge in [0.25, 0.3) is 0 Å². The molecule has 25 heavy (non-hydrogen) atoms. The standard InChI is InChI=1S/C16H16ClF2N5O/c1-5-6-11(9(2)20-3)13-22-23-14(24(13)4)12-7-10(17)8-21-15(12)25-16(18)19/h5-8,16H,1H2,2-4H3/b11-6+,20-9?. The molecule has 2 aromatic rings. The highest BCUT2D eigenvalue weighted by molar-refractivity contribution is 6.30. The summed E-state index contributed by atoms with van der Waals surface area (Å²) in [4.78, 5) is 7.95. The van der Waals surface area contributed by atoms with Crippen LogP contribution in [0.1, 0.15) is 12.7 Å². The average molecular weight is 368 g/mol. The van der Waals surface area contributed by atoms with E-state index in [-0.39, 0.29) is 22.3 Å². The van der Waals surface area contributed by atoms with E-state index in [1.807, 2.05) is 6.92 Å². The third-order valence-corrected chi connectivity index (χ3v) is 3.59. The lowest BCUT2D eigenvalue weighted by molar-refractivity contribution is -0.0524. The Balaban J connectivity index is 2.61. The van der Waals surface area contributed by atoms with Gasteiger partial charge in [0.15, 0.2) is 11.6 Å². The first kappa shape index (κ1) is 18.7. The van der Waals surface area contributed by atoms with E-state index in [0.29, 0.717) is 11.4 Å². The second-order valence-corrected chi connectivity index (χ2v) is 5.35. The highest BCUT2D eigenvalue weighted by atomic mass is 35.5. The quantitative estimate of drug-likeness (QED) is 0.575. The van der Waals surface area contributed by atoms with Crippen LogP contribution in [0.25, 0.3) is 17.0 Å². The summed E-state index contributed by atoms with van der Waals surface area (Å²) >= 11 is 5.94. The maximum Gasteiger partial charge on any atom is 0.388 e. The van der Waals surface area contributed by atoms with Crippen LogP contribution in [0.4, 0.5) is 8.78 Å². The molecular formula is C16H16ClF2N5O. The van der Waals surface area contributed by atoms with Crippen LogP contribution in [-0.2, 0) is 7.05 Å². The molecule has 0 radical (unpaired) electrons. The van der Waals surface area contributed by atoms with E-state index < -0.39 is 6.61 Å². The van der Waals surface area contributed by atoms with Gasteiger partial charge in [0.05, 0.1) is 10.6 Å². The lowest BCUT2D eigenvalue weighted by Gasteiger charge is -2.11. The lowest BCUT2D eigenvalue weighted by Crippen LogP contribution is -2.08. The van der Waals surface area contributed by atoms with Gasteiger partial charge in [-0.3, -0.25) is 4.99 Å². The molecule has 2 rings (SSSR count). The van der Waals surface area contributed by atoms with Gasteiger partial charge < -0.3 is 9.30 Å². The first-order valence-electron chi connectivity index (χ1n) is 7.16. The Kier molecular flexibility index (Phi) is 5.97. The van der Waals surface area contributed by atoms with Crippen LogP contribution >= 0.6 is 11.6 Å². The predicted octanol–water partition coefficient (Wildman–Crippen LogP) is 3.79. The fourth-order valence-corrected chi connectivity index (χ4v) is 2.32. The van der Waals surface area contributed by atoms with Crippen molar-refractivity contribution in [2.45, 2.75) is 13.5 Å². The zero-order valence-corrected chi connectivity index (χ0v) is 14.6. The lowest BCUT2D eigenvalue weighted by atomic mass is 10.1. The van der Waals surface area contributed by atoms with Gasteiger partial charge in [-0.25, -0.2) is 4.98 Å². The summed E-state index contributed by atoms with van der Waals surface area (Å²) in [5.41, 5.74) is 1.62. The molecule has 132 valence electrons. The first-order chi connectivity index (χ1) is 11.9. The van der Waals surface area contributed by atoms with E-state index >= 15 is 0 Å². The molecule has 0 bridgehead atoms. The molecule has 6 nitrogen and oxygen atoms in total. The van der Waals surface area contributed by atoms with Crippen molar-refractivity contribution in [1.82, 2.24) is 19.7 Å². The SMILES string of the molecule is C=C/C=C(\C(C)=NC)c1nnc(-c2cc(Cl)cnc2OC(F)F)n1C. The molecule has 0 amide bonds. The summed E-state index contributed by atoms with van der Waals surface area (Å²) < 4.78 is 31.3. The Morgan fingerprint density at radius 2 is 2.16 bits per heavy atom. The zero-order chi connectivity index (χ0) is 18.6. The van der Waals surface area contributed by atoms with Gasteiger partial charge in [-0.05, 0) is 19.1 Å². The third-order valence-electron chi connectivity index (χ3n) is 3.38. The Bertz CT molecular complexity index is 845. The molecule has 0 N–H and O–H groups in total. The molecule has 2 heterocycles. The molecule has 0 spiro atoms. The Morgan fingerprint density at radius 3 is 2.76 bits per heavy atom. The number of nitrogens with zero attached hydrogens (tertiary/aromatic N) is 5. The molecule has 0 aromatic carbocycles. The Morgan fingerprint density at radius 1 is 1.44 bits per heavy atom. The molecule has 0 fully saturated rings. The molecule has 2 aromatic heterocycles. The van der Waals surface area contributed by atoms with E-state index in [2.05, 4.69) is 31.5 Å². The van der Waals surface area contributed by atoms with Gasteiger partial charge >= 0.3 is 6.61 Å². The summed E-state index contributed by atoms with van der Waals surface area (Å²) in [5, 5.41) is 8.46. The summed E-state index contributed by atoms with van der Waals surface area (Å²) in [6.45, 7) is 2.47. The maximum absolute atomic E-state index is 12.6. The van der Waals surface area contributed by atoms with Crippen molar-refractivity contribution in [2.75, 3.05) is 7.05 Å². The predicted molar refractivity (Wildman–Crippen MR) is 93.1 cm³/mol. The highest BCUT2D eigenvalue weighted by Crippen LogP contribution is 2.31. The van der Waals surface area contributed by atoms with Crippen molar-refractivity contribution in [3.63, 3.8) is 0 Å². The van der Waals surface area contributed by atoms with Crippen molar-refractivity contribution in [1.29, 1.82) is 0 Å². The van der Waals surface area contributed by atoms with Crippen molar-refractivity contribution < 1.29 is 13.5 Å². The normalized spacial score (nSPS) is 12.6. The summed E-state index contributed by atoms with van der Waals surface area (Å²) in [6.07, 6.45) is 4.56. The molecule has 0 aliphatic heterocycles. The molecule has 0 atom stereocenters. The van der Waals surface area contributed by atoms with Crippen molar-refractivity contribution in [3.05, 3.63) is 41.8 Å². The van der Waals surface area contributed by atoms with Crippen LogP contribution in [0, 0.1) is 0 Å². The van der Waals surface area contributed by atoms with E-state index in [1.165, 1.54) is 12.3 Å². The van der Waals surface area contributed by atoms with Crippen molar-refractivity contribution in [2.24, 2.45) is 12.0 Å². The van der Waals surface area contributed by atoms with Crippen LogP contribution < -0.4 is 4.74 Å².